The van der Waals surface area contributed by atoms with Gasteiger partial charge in [-0.25, -0.2) is 9.37 Å². The highest BCUT2D eigenvalue weighted by Crippen LogP contribution is 2.21. The number of rotatable bonds is 7. The van der Waals surface area contributed by atoms with Crippen molar-refractivity contribution in [1.82, 2.24) is 9.55 Å². The van der Waals surface area contributed by atoms with E-state index < -0.39 is 0 Å². The van der Waals surface area contributed by atoms with E-state index in [9.17, 15) is 9.50 Å². The third-order valence-electron chi connectivity index (χ3n) is 3.78. The van der Waals surface area contributed by atoms with E-state index in [2.05, 4.69) is 17.1 Å². The zero-order valence-electron chi connectivity index (χ0n) is 13.2. The number of thioether (sulfide) groups is 1. The van der Waals surface area contributed by atoms with Crippen LogP contribution in [0.25, 0.3) is 0 Å². The van der Waals surface area contributed by atoms with Crippen LogP contribution in [0.4, 0.5) is 4.39 Å². The number of imidazole rings is 1. The third-order valence-corrected chi connectivity index (χ3v) is 4.77. The molecule has 0 atom stereocenters. The Kier molecular flexibility index (Phi) is 5.67. The largest absolute Gasteiger partial charge is 0.390 e. The fourth-order valence-corrected chi connectivity index (χ4v) is 3.46. The number of halogens is 1. The van der Waals surface area contributed by atoms with Crippen molar-refractivity contribution in [2.45, 2.75) is 24.7 Å². The van der Waals surface area contributed by atoms with Crippen LogP contribution in [0.1, 0.15) is 16.8 Å². The topological polar surface area (TPSA) is 38.1 Å². The van der Waals surface area contributed by atoms with Crippen LogP contribution in [0.5, 0.6) is 0 Å². The highest BCUT2D eigenvalue weighted by Gasteiger charge is 2.10. The van der Waals surface area contributed by atoms with Gasteiger partial charge < -0.3 is 9.67 Å². The summed E-state index contributed by atoms with van der Waals surface area (Å²) in [6, 6.07) is 16.7. The Hall–Kier alpha value is -2.11. The minimum Gasteiger partial charge on any atom is -0.390 e. The van der Waals surface area contributed by atoms with E-state index in [-0.39, 0.29) is 12.4 Å². The molecule has 1 N–H and O–H groups in total. The lowest BCUT2D eigenvalue weighted by molar-refractivity contribution is 0.270. The minimum atomic E-state index is -0.246. The number of hydrogen-bond acceptors (Lipinski definition) is 3. The van der Waals surface area contributed by atoms with Gasteiger partial charge in [-0.1, -0.05) is 54.2 Å². The van der Waals surface area contributed by atoms with Crippen molar-refractivity contribution in [1.29, 1.82) is 0 Å². The van der Waals surface area contributed by atoms with E-state index in [1.165, 1.54) is 17.7 Å². The van der Waals surface area contributed by atoms with Crippen LogP contribution in [-0.4, -0.2) is 20.4 Å². The fraction of sp³-hybridized carbons (Fsp3) is 0.211. The first-order chi connectivity index (χ1) is 11.8. The smallest absolute Gasteiger partial charge is 0.168 e. The summed E-state index contributed by atoms with van der Waals surface area (Å²) in [5.74, 6) is 0.666. The van der Waals surface area contributed by atoms with Crippen LogP contribution in [0, 0.1) is 5.82 Å². The van der Waals surface area contributed by atoms with Gasteiger partial charge in [0.05, 0.1) is 18.5 Å². The third kappa shape index (κ3) is 4.24. The standard InChI is InChI=1S/C19H19FN2OS/c20-17-8-6-16(7-9-17)13-22-18(14-23)12-21-19(22)24-11-10-15-4-2-1-3-5-15/h1-9,12,23H,10-11,13-14H2. The van der Waals surface area contributed by atoms with Gasteiger partial charge in [0, 0.05) is 12.3 Å². The monoisotopic (exact) mass is 342 g/mol. The van der Waals surface area contributed by atoms with Crippen LogP contribution >= 0.6 is 11.8 Å². The number of benzene rings is 2. The molecular formula is C19H19FN2OS. The summed E-state index contributed by atoms with van der Waals surface area (Å²) in [7, 11) is 0. The van der Waals surface area contributed by atoms with Gasteiger partial charge in [-0.05, 0) is 29.7 Å². The van der Waals surface area contributed by atoms with Crippen molar-refractivity contribution in [3.05, 3.63) is 83.4 Å². The fourth-order valence-electron chi connectivity index (χ4n) is 2.48. The Bertz CT molecular complexity index is 772. The van der Waals surface area contributed by atoms with Gasteiger partial charge >= 0.3 is 0 Å². The Morgan fingerprint density at radius 3 is 2.46 bits per heavy atom. The predicted octanol–water partition coefficient (Wildman–Crippen LogP) is 3.90. The maximum absolute atomic E-state index is 13.1. The molecule has 0 amide bonds. The highest BCUT2D eigenvalue weighted by molar-refractivity contribution is 7.99. The number of hydrogen-bond donors (Lipinski definition) is 1. The molecule has 124 valence electrons. The first-order valence-electron chi connectivity index (χ1n) is 7.82. The van der Waals surface area contributed by atoms with Crippen molar-refractivity contribution in [3.8, 4) is 0 Å². The molecule has 0 saturated carbocycles. The lowest BCUT2D eigenvalue weighted by Crippen LogP contribution is -2.06. The van der Waals surface area contributed by atoms with E-state index in [1.54, 1.807) is 30.1 Å². The van der Waals surface area contributed by atoms with Gasteiger partial charge in [-0.3, -0.25) is 0 Å². The quantitative estimate of drug-likeness (QED) is 0.662. The molecule has 0 saturated heterocycles. The Labute approximate surface area is 145 Å². The maximum Gasteiger partial charge on any atom is 0.168 e. The molecule has 3 rings (SSSR count). The van der Waals surface area contributed by atoms with Gasteiger partial charge in [0.15, 0.2) is 5.16 Å². The molecule has 0 spiro atoms. The van der Waals surface area contributed by atoms with Crippen LogP contribution in [0.3, 0.4) is 0 Å². The number of aromatic nitrogens is 2. The Morgan fingerprint density at radius 2 is 1.75 bits per heavy atom. The van der Waals surface area contributed by atoms with Crippen molar-refractivity contribution in [3.63, 3.8) is 0 Å². The number of aliphatic hydroxyl groups excluding tert-OH is 1. The van der Waals surface area contributed by atoms with Crippen molar-refractivity contribution < 1.29 is 9.50 Å². The summed E-state index contributed by atoms with van der Waals surface area (Å²) >= 11 is 1.67. The summed E-state index contributed by atoms with van der Waals surface area (Å²) in [5.41, 5.74) is 3.04. The Balaban J connectivity index is 1.69. The van der Waals surface area contributed by atoms with Gasteiger partial charge in [0.2, 0.25) is 0 Å². The minimum absolute atomic E-state index is 0.0621. The van der Waals surface area contributed by atoms with E-state index in [1.807, 2.05) is 22.8 Å². The van der Waals surface area contributed by atoms with Gasteiger partial charge in [-0.2, -0.15) is 0 Å². The molecule has 3 nitrogen and oxygen atoms in total. The molecule has 3 aromatic rings. The van der Waals surface area contributed by atoms with Gasteiger partial charge in [-0.15, -0.1) is 0 Å². The van der Waals surface area contributed by atoms with Crippen molar-refractivity contribution >= 4 is 11.8 Å². The molecule has 2 aromatic carbocycles. The number of aryl methyl sites for hydroxylation is 1. The van der Waals surface area contributed by atoms with Crippen LogP contribution < -0.4 is 0 Å². The summed E-state index contributed by atoms with van der Waals surface area (Å²) in [5, 5.41) is 10.4. The van der Waals surface area contributed by atoms with Crippen LogP contribution in [0.2, 0.25) is 0 Å². The van der Waals surface area contributed by atoms with Crippen molar-refractivity contribution in [2.75, 3.05) is 5.75 Å². The molecule has 1 aromatic heterocycles. The summed E-state index contributed by atoms with van der Waals surface area (Å²) in [6.45, 7) is 0.511. The second kappa shape index (κ2) is 8.13. The zero-order valence-corrected chi connectivity index (χ0v) is 14.0. The van der Waals surface area contributed by atoms with E-state index in [0.717, 1.165) is 28.6 Å². The molecule has 0 unspecified atom stereocenters. The molecule has 0 aliphatic rings. The van der Waals surface area contributed by atoms with Crippen LogP contribution in [-0.2, 0) is 19.6 Å². The van der Waals surface area contributed by atoms with E-state index >= 15 is 0 Å². The molecular weight excluding hydrogens is 323 g/mol. The molecule has 0 radical (unpaired) electrons. The molecule has 0 aliphatic heterocycles. The lowest BCUT2D eigenvalue weighted by Gasteiger charge is -2.11. The molecule has 24 heavy (non-hydrogen) atoms. The molecule has 1 heterocycles. The van der Waals surface area contributed by atoms with Gasteiger partial charge in [0.1, 0.15) is 5.82 Å². The summed E-state index contributed by atoms with van der Waals surface area (Å²) < 4.78 is 15.0. The normalized spacial score (nSPS) is 10.9. The summed E-state index contributed by atoms with van der Waals surface area (Å²) in [4.78, 5) is 4.42. The average Bonchev–Trinajstić information content (AvgIpc) is 3.00. The second-order valence-electron chi connectivity index (χ2n) is 5.49. The van der Waals surface area contributed by atoms with E-state index in [4.69, 9.17) is 0 Å². The first kappa shape index (κ1) is 16.7. The van der Waals surface area contributed by atoms with E-state index in [0.29, 0.717) is 6.54 Å². The number of aliphatic hydroxyl groups is 1. The highest BCUT2D eigenvalue weighted by atomic mass is 32.2. The van der Waals surface area contributed by atoms with Crippen LogP contribution in [0.15, 0.2) is 66.0 Å². The molecule has 0 fully saturated rings. The average molecular weight is 342 g/mol. The second-order valence-corrected chi connectivity index (χ2v) is 6.55. The maximum atomic E-state index is 13.1. The SMILES string of the molecule is OCc1cnc(SCCc2ccccc2)n1Cc1ccc(F)cc1. The summed E-state index contributed by atoms with van der Waals surface area (Å²) in [6.07, 6.45) is 2.66. The van der Waals surface area contributed by atoms with Crippen molar-refractivity contribution in [2.24, 2.45) is 0 Å². The Morgan fingerprint density at radius 1 is 1.00 bits per heavy atom. The zero-order chi connectivity index (χ0) is 16.8. The predicted molar refractivity (Wildman–Crippen MR) is 94.5 cm³/mol. The first-order valence-corrected chi connectivity index (χ1v) is 8.81. The number of nitrogens with zero attached hydrogens (tertiary/aromatic N) is 2. The van der Waals surface area contributed by atoms with Gasteiger partial charge in [0.25, 0.3) is 0 Å². The molecule has 0 bridgehead atoms. The molecule has 5 heteroatoms. The molecule has 0 aliphatic carbocycles. The lowest BCUT2D eigenvalue weighted by atomic mass is 10.2.